The Bertz CT molecular complexity index is 564. The van der Waals surface area contributed by atoms with Crippen LogP contribution in [0.2, 0.25) is 5.02 Å². The van der Waals surface area contributed by atoms with Crippen LogP contribution in [0.3, 0.4) is 0 Å². The molecule has 5 heteroatoms. The number of esters is 2. The third-order valence-corrected chi connectivity index (χ3v) is 5.25. The van der Waals surface area contributed by atoms with Gasteiger partial charge in [0.25, 0.3) is 0 Å². The maximum atomic E-state index is 12.7. The van der Waals surface area contributed by atoms with E-state index in [0.29, 0.717) is 24.5 Å². The van der Waals surface area contributed by atoms with Crippen LogP contribution in [0.4, 0.5) is 0 Å². The Labute approximate surface area is 168 Å². The molecule has 1 aromatic carbocycles. The van der Waals surface area contributed by atoms with E-state index in [2.05, 4.69) is 6.92 Å². The lowest BCUT2D eigenvalue weighted by molar-refractivity contribution is -0.174. The summed E-state index contributed by atoms with van der Waals surface area (Å²) in [6.07, 6.45) is 7.42. The van der Waals surface area contributed by atoms with Crippen molar-refractivity contribution in [2.24, 2.45) is 5.41 Å². The van der Waals surface area contributed by atoms with Gasteiger partial charge in [0, 0.05) is 5.02 Å². The second-order valence-electron chi connectivity index (χ2n) is 6.90. The maximum Gasteiger partial charge on any atom is 0.323 e. The third-order valence-electron chi connectivity index (χ3n) is 5.00. The molecule has 1 aromatic rings. The van der Waals surface area contributed by atoms with E-state index in [1.807, 2.05) is 13.8 Å². The van der Waals surface area contributed by atoms with Crippen molar-refractivity contribution in [2.45, 2.75) is 78.7 Å². The van der Waals surface area contributed by atoms with Crippen LogP contribution < -0.4 is 0 Å². The Morgan fingerprint density at radius 3 is 2.00 bits per heavy atom. The quantitative estimate of drug-likeness (QED) is 0.230. The zero-order valence-electron chi connectivity index (χ0n) is 16.9. The molecular formula is C22H33ClO4. The molecule has 4 nitrogen and oxygen atoms in total. The number of halogens is 1. The van der Waals surface area contributed by atoms with E-state index in [4.69, 9.17) is 21.1 Å². The van der Waals surface area contributed by atoms with Crippen LogP contribution in [-0.4, -0.2) is 18.5 Å². The highest BCUT2D eigenvalue weighted by atomic mass is 35.5. The summed E-state index contributed by atoms with van der Waals surface area (Å²) in [6, 6.07) is 7.08. The summed E-state index contributed by atoms with van der Waals surface area (Å²) in [6.45, 7) is 6.29. The van der Waals surface area contributed by atoms with Crippen LogP contribution in [0.1, 0.15) is 77.7 Å². The number of carbonyl (C=O) groups is 2. The summed E-state index contributed by atoms with van der Waals surface area (Å²) in [7, 11) is 0. The minimum Gasteiger partial charge on any atom is -0.465 e. The molecule has 0 fully saturated rings. The van der Waals surface area contributed by atoms with Crippen molar-refractivity contribution in [2.75, 3.05) is 6.61 Å². The number of ether oxygens (including phenoxy) is 2. The summed E-state index contributed by atoms with van der Waals surface area (Å²) in [5.74, 6) is -0.988. The Kier molecular flexibility index (Phi) is 11.1. The average Bonchev–Trinajstić information content (AvgIpc) is 2.68. The zero-order valence-corrected chi connectivity index (χ0v) is 17.6. The first-order valence-corrected chi connectivity index (χ1v) is 10.5. The average molecular weight is 397 g/mol. The van der Waals surface area contributed by atoms with Crippen LogP contribution in [0.5, 0.6) is 0 Å². The van der Waals surface area contributed by atoms with Gasteiger partial charge in [-0.15, -0.1) is 0 Å². The Hall–Kier alpha value is -1.55. The Morgan fingerprint density at radius 2 is 1.41 bits per heavy atom. The molecule has 0 saturated carbocycles. The van der Waals surface area contributed by atoms with Gasteiger partial charge in [0.1, 0.15) is 6.61 Å². The number of rotatable bonds is 13. The van der Waals surface area contributed by atoms with E-state index in [-0.39, 0.29) is 6.61 Å². The van der Waals surface area contributed by atoms with E-state index >= 15 is 0 Å². The molecule has 27 heavy (non-hydrogen) atoms. The van der Waals surface area contributed by atoms with Gasteiger partial charge in [0.05, 0.1) is 6.61 Å². The Balaban J connectivity index is 2.52. The lowest BCUT2D eigenvalue weighted by Crippen LogP contribution is -2.41. The zero-order chi connectivity index (χ0) is 20.1. The summed E-state index contributed by atoms with van der Waals surface area (Å²) in [5, 5.41) is 0.625. The second kappa shape index (κ2) is 12.8. The van der Waals surface area contributed by atoms with Crippen molar-refractivity contribution in [1.29, 1.82) is 0 Å². The van der Waals surface area contributed by atoms with Gasteiger partial charge in [0.15, 0.2) is 5.41 Å². The molecule has 0 amide bonds. The van der Waals surface area contributed by atoms with E-state index in [9.17, 15) is 9.59 Å². The van der Waals surface area contributed by atoms with Crippen LogP contribution >= 0.6 is 11.6 Å². The van der Waals surface area contributed by atoms with E-state index < -0.39 is 17.4 Å². The molecule has 0 heterocycles. The molecule has 0 unspecified atom stereocenters. The molecule has 0 aliphatic carbocycles. The van der Waals surface area contributed by atoms with Crippen molar-refractivity contribution in [1.82, 2.24) is 0 Å². The van der Waals surface area contributed by atoms with Crippen molar-refractivity contribution in [3.05, 3.63) is 34.9 Å². The van der Waals surface area contributed by atoms with Gasteiger partial charge >= 0.3 is 11.9 Å². The van der Waals surface area contributed by atoms with Gasteiger partial charge in [-0.1, -0.05) is 76.6 Å². The lowest BCUT2D eigenvalue weighted by atomic mass is 9.82. The highest BCUT2D eigenvalue weighted by Gasteiger charge is 2.45. The minimum atomic E-state index is -1.23. The Morgan fingerprint density at radius 1 is 0.852 bits per heavy atom. The first kappa shape index (κ1) is 23.5. The van der Waals surface area contributed by atoms with Crippen molar-refractivity contribution in [3.8, 4) is 0 Å². The molecule has 0 atom stereocenters. The fraction of sp³-hybridized carbons (Fsp3) is 0.636. The molecule has 152 valence electrons. The van der Waals surface area contributed by atoms with Crippen molar-refractivity contribution >= 4 is 23.5 Å². The molecule has 0 bridgehead atoms. The van der Waals surface area contributed by atoms with Crippen LogP contribution in [-0.2, 0) is 25.7 Å². The molecule has 1 rings (SSSR count). The van der Waals surface area contributed by atoms with Gasteiger partial charge < -0.3 is 9.47 Å². The molecule has 0 radical (unpaired) electrons. The second-order valence-corrected chi connectivity index (χ2v) is 7.33. The predicted octanol–water partition coefficient (Wildman–Crippen LogP) is 6.09. The smallest absolute Gasteiger partial charge is 0.323 e. The topological polar surface area (TPSA) is 52.6 Å². The van der Waals surface area contributed by atoms with Gasteiger partial charge in [-0.25, -0.2) is 0 Å². The maximum absolute atomic E-state index is 12.7. The number of unbranched alkanes of at least 4 members (excludes halogenated alkanes) is 5. The normalized spacial score (nSPS) is 11.3. The number of hydrogen-bond donors (Lipinski definition) is 0. The first-order valence-electron chi connectivity index (χ1n) is 10.1. The predicted molar refractivity (Wildman–Crippen MR) is 109 cm³/mol. The summed E-state index contributed by atoms with van der Waals surface area (Å²) in [5.41, 5.74) is -0.399. The van der Waals surface area contributed by atoms with Crippen LogP contribution in [0.15, 0.2) is 24.3 Å². The lowest BCUT2D eigenvalue weighted by Gasteiger charge is -2.27. The van der Waals surface area contributed by atoms with Gasteiger partial charge in [-0.3, -0.25) is 9.59 Å². The molecule has 0 spiro atoms. The van der Waals surface area contributed by atoms with E-state index in [0.717, 1.165) is 24.8 Å². The summed E-state index contributed by atoms with van der Waals surface area (Å²) < 4.78 is 10.9. The summed E-state index contributed by atoms with van der Waals surface area (Å²) >= 11 is 5.86. The fourth-order valence-electron chi connectivity index (χ4n) is 2.96. The SMILES string of the molecule is CCCCCCCCOC(=O)C(CC)(CC)C(=O)OCc1ccc(Cl)cc1. The van der Waals surface area contributed by atoms with E-state index in [1.54, 1.807) is 24.3 Å². The molecule has 0 aromatic heterocycles. The minimum absolute atomic E-state index is 0.114. The molecular weight excluding hydrogens is 364 g/mol. The summed E-state index contributed by atoms with van der Waals surface area (Å²) in [4.78, 5) is 25.3. The van der Waals surface area contributed by atoms with E-state index in [1.165, 1.54) is 19.3 Å². The van der Waals surface area contributed by atoms with Gasteiger partial charge in [-0.2, -0.15) is 0 Å². The van der Waals surface area contributed by atoms with Gasteiger partial charge in [0.2, 0.25) is 0 Å². The highest BCUT2D eigenvalue weighted by Crippen LogP contribution is 2.30. The first-order chi connectivity index (χ1) is 13.0. The van der Waals surface area contributed by atoms with Crippen molar-refractivity contribution < 1.29 is 19.1 Å². The third kappa shape index (κ3) is 7.53. The molecule has 0 aliphatic rings. The van der Waals surface area contributed by atoms with Crippen molar-refractivity contribution in [3.63, 3.8) is 0 Å². The molecule has 0 aliphatic heterocycles. The number of hydrogen-bond acceptors (Lipinski definition) is 4. The highest BCUT2D eigenvalue weighted by molar-refractivity contribution is 6.30. The fourth-order valence-corrected chi connectivity index (χ4v) is 3.09. The standard InChI is InChI=1S/C22H33ClO4/c1-4-7-8-9-10-11-16-26-20(24)22(5-2,6-3)21(25)27-17-18-12-14-19(23)15-13-18/h12-15H,4-11,16-17H2,1-3H3. The van der Waals surface area contributed by atoms with Gasteiger partial charge in [-0.05, 0) is 37.0 Å². The molecule has 0 saturated heterocycles. The van der Waals surface area contributed by atoms with Crippen LogP contribution in [0.25, 0.3) is 0 Å². The largest absolute Gasteiger partial charge is 0.465 e. The number of benzene rings is 1. The number of carbonyl (C=O) groups excluding carboxylic acids is 2. The molecule has 0 N–H and O–H groups in total. The van der Waals surface area contributed by atoms with Crippen LogP contribution in [0, 0.1) is 5.41 Å². The monoisotopic (exact) mass is 396 g/mol.